The first-order chi connectivity index (χ1) is 13.1. The van der Waals surface area contributed by atoms with Crippen molar-refractivity contribution in [2.24, 2.45) is 7.05 Å². The minimum absolute atomic E-state index is 0.0222. The molecule has 138 valence electrons. The highest BCUT2D eigenvalue weighted by molar-refractivity contribution is 5.94. The summed E-state index contributed by atoms with van der Waals surface area (Å²) in [6.45, 7) is 2.95. The van der Waals surface area contributed by atoms with Crippen LogP contribution in [0.5, 0.6) is 0 Å². The number of rotatable bonds is 3. The number of carbonyl (C=O) groups is 1. The molecule has 6 heteroatoms. The molecule has 0 radical (unpaired) electrons. The van der Waals surface area contributed by atoms with Crippen molar-refractivity contribution in [3.63, 3.8) is 0 Å². The first-order valence-electron chi connectivity index (χ1n) is 9.01. The highest BCUT2D eigenvalue weighted by Crippen LogP contribution is 2.21. The summed E-state index contributed by atoms with van der Waals surface area (Å²) >= 11 is 0. The average Bonchev–Trinajstić information content (AvgIpc) is 3.10. The molecule has 2 aromatic carbocycles. The fourth-order valence-corrected chi connectivity index (χ4v) is 3.40. The minimum Gasteiger partial charge on any atom is -0.368 e. The Balaban J connectivity index is 1.47. The summed E-state index contributed by atoms with van der Waals surface area (Å²) in [6, 6.07) is 18.2. The lowest BCUT2D eigenvalue weighted by Gasteiger charge is -2.36. The second-order valence-electron chi connectivity index (χ2n) is 6.66. The number of halogens is 1. The van der Waals surface area contributed by atoms with Crippen LogP contribution in [0.15, 0.2) is 60.7 Å². The topological polar surface area (TPSA) is 41.4 Å². The van der Waals surface area contributed by atoms with Crippen LogP contribution in [-0.4, -0.2) is 46.8 Å². The molecular weight excluding hydrogens is 343 g/mol. The normalized spacial score (nSPS) is 14.4. The lowest BCUT2D eigenvalue weighted by Crippen LogP contribution is -2.49. The van der Waals surface area contributed by atoms with Gasteiger partial charge in [0.2, 0.25) is 0 Å². The van der Waals surface area contributed by atoms with Crippen LogP contribution in [0.25, 0.3) is 11.3 Å². The highest BCUT2D eigenvalue weighted by Gasteiger charge is 2.25. The Labute approximate surface area is 157 Å². The van der Waals surface area contributed by atoms with Crippen LogP contribution < -0.4 is 4.90 Å². The molecule has 1 aliphatic rings. The third-order valence-corrected chi connectivity index (χ3v) is 4.93. The number of amides is 1. The number of benzene rings is 2. The smallest absolute Gasteiger partial charge is 0.272 e. The largest absolute Gasteiger partial charge is 0.368 e. The van der Waals surface area contributed by atoms with Crippen LogP contribution in [-0.2, 0) is 7.05 Å². The predicted octanol–water partition coefficient (Wildman–Crippen LogP) is 3.19. The van der Waals surface area contributed by atoms with Gasteiger partial charge in [-0.1, -0.05) is 18.2 Å². The van der Waals surface area contributed by atoms with Crippen molar-refractivity contribution < 1.29 is 9.18 Å². The van der Waals surface area contributed by atoms with E-state index in [4.69, 9.17) is 0 Å². The van der Waals surface area contributed by atoms with Gasteiger partial charge < -0.3 is 9.80 Å². The van der Waals surface area contributed by atoms with E-state index in [9.17, 15) is 9.18 Å². The molecule has 1 aromatic heterocycles. The van der Waals surface area contributed by atoms with E-state index in [0.29, 0.717) is 24.5 Å². The van der Waals surface area contributed by atoms with Gasteiger partial charge in [0, 0.05) is 44.5 Å². The van der Waals surface area contributed by atoms with E-state index in [1.54, 1.807) is 29.9 Å². The number of aryl methyl sites for hydroxylation is 1. The molecule has 0 unspecified atom stereocenters. The number of piperazine rings is 1. The van der Waals surface area contributed by atoms with Crippen molar-refractivity contribution in [2.45, 2.75) is 0 Å². The van der Waals surface area contributed by atoms with E-state index >= 15 is 0 Å². The average molecular weight is 364 g/mol. The fraction of sp³-hybridized carbons (Fsp3) is 0.238. The van der Waals surface area contributed by atoms with Crippen LogP contribution in [0.2, 0.25) is 0 Å². The first kappa shape index (κ1) is 17.3. The van der Waals surface area contributed by atoms with E-state index in [1.165, 1.54) is 17.8 Å². The van der Waals surface area contributed by atoms with E-state index in [2.05, 4.69) is 22.1 Å². The van der Waals surface area contributed by atoms with Crippen LogP contribution in [0.4, 0.5) is 10.1 Å². The summed E-state index contributed by atoms with van der Waals surface area (Å²) in [5.41, 5.74) is 3.19. The third kappa shape index (κ3) is 3.56. The second kappa shape index (κ2) is 7.23. The number of para-hydroxylation sites is 1. The molecule has 1 aliphatic heterocycles. The first-order valence-corrected chi connectivity index (χ1v) is 9.01. The van der Waals surface area contributed by atoms with E-state index < -0.39 is 0 Å². The molecule has 1 amide bonds. The van der Waals surface area contributed by atoms with Crippen molar-refractivity contribution in [2.75, 3.05) is 31.1 Å². The van der Waals surface area contributed by atoms with Crippen molar-refractivity contribution in [3.05, 3.63) is 72.2 Å². The number of carbonyl (C=O) groups excluding carboxylic acids is 1. The Morgan fingerprint density at radius 3 is 2.30 bits per heavy atom. The van der Waals surface area contributed by atoms with Gasteiger partial charge in [-0.25, -0.2) is 4.39 Å². The fourth-order valence-electron chi connectivity index (χ4n) is 3.40. The molecule has 0 aliphatic carbocycles. The van der Waals surface area contributed by atoms with Crippen LogP contribution >= 0.6 is 0 Å². The number of aromatic nitrogens is 2. The van der Waals surface area contributed by atoms with Crippen molar-refractivity contribution in [1.82, 2.24) is 14.7 Å². The molecular formula is C21H21FN4O. The zero-order valence-corrected chi connectivity index (χ0v) is 15.2. The van der Waals surface area contributed by atoms with Gasteiger partial charge in [-0.2, -0.15) is 5.10 Å². The van der Waals surface area contributed by atoms with E-state index in [-0.39, 0.29) is 11.7 Å². The molecule has 0 bridgehead atoms. The Hall–Kier alpha value is -3.15. The van der Waals surface area contributed by atoms with Gasteiger partial charge in [-0.05, 0) is 42.5 Å². The van der Waals surface area contributed by atoms with Crippen LogP contribution in [0.1, 0.15) is 10.5 Å². The van der Waals surface area contributed by atoms with Crippen molar-refractivity contribution in [1.29, 1.82) is 0 Å². The molecule has 0 saturated carbocycles. The zero-order chi connectivity index (χ0) is 18.8. The highest BCUT2D eigenvalue weighted by atomic mass is 19.1. The van der Waals surface area contributed by atoms with Gasteiger partial charge in [-0.15, -0.1) is 0 Å². The van der Waals surface area contributed by atoms with Gasteiger partial charge in [0.1, 0.15) is 11.5 Å². The maximum Gasteiger partial charge on any atom is 0.272 e. The molecule has 0 atom stereocenters. The Kier molecular flexibility index (Phi) is 4.62. The predicted molar refractivity (Wildman–Crippen MR) is 103 cm³/mol. The Bertz CT molecular complexity index is 929. The molecule has 0 N–H and O–H groups in total. The SMILES string of the molecule is Cn1nc(-c2ccc(F)cc2)cc1C(=O)N1CCN(c2ccccc2)CC1. The molecule has 1 fully saturated rings. The summed E-state index contributed by atoms with van der Waals surface area (Å²) in [7, 11) is 1.76. The zero-order valence-electron chi connectivity index (χ0n) is 15.2. The second-order valence-corrected chi connectivity index (χ2v) is 6.66. The Morgan fingerprint density at radius 2 is 1.63 bits per heavy atom. The molecule has 4 rings (SSSR count). The summed E-state index contributed by atoms with van der Waals surface area (Å²) < 4.78 is 14.7. The van der Waals surface area contributed by atoms with Gasteiger partial charge >= 0.3 is 0 Å². The van der Waals surface area contributed by atoms with Gasteiger partial charge in [-0.3, -0.25) is 9.48 Å². The molecule has 0 spiro atoms. The molecule has 27 heavy (non-hydrogen) atoms. The number of hydrogen-bond donors (Lipinski definition) is 0. The summed E-state index contributed by atoms with van der Waals surface area (Å²) in [5.74, 6) is -0.312. The lowest BCUT2D eigenvalue weighted by molar-refractivity contribution is 0.0735. The minimum atomic E-state index is -0.290. The molecule has 1 saturated heterocycles. The molecule has 5 nitrogen and oxygen atoms in total. The summed E-state index contributed by atoms with van der Waals surface area (Å²) in [5, 5.41) is 4.43. The van der Waals surface area contributed by atoms with E-state index in [0.717, 1.165) is 18.7 Å². The number of nitrogens with zero attached hydrogens (tertiary/aromatic N) is 4. The third-order valence-electron chi connectivity index (χ3n) is 4.93. The van der Waals surface area contributed by atoms with Crippen LogP contribution in [0.3, 0.4) is 0 Å². The number of anilines is 1. The van der Waals surface area contributed by atoms with Crippen molar-refractivity contribution >= 4 is 11.6 Å². The molecule has 2 heterocycles. The van der Waals surface area contributed by atoms with Gasteiger partial charge in [0.15, 0.2) is 0 Å². The van der Waals surface area contributed by atoms with Crippen LogP contribution in [0, 0.1) is 5.82 Å². The lowest BCUT2D eigenvalue weighted by atomic mass is 10.1. The number of hydrogen-bond acceptors (Lipinski definition) is 3. The monoisotopic (exact) mass is 364 g/mol. The van der Waals surface area contributed by atoms with E-state index in [1.807, 2.05) is 23.1 Å². The standard InChI is InChI=1S/C21H21FN4O/c1-24-20(15-19(23-24)16-7-9-17(22)10-8-16)21(27)26-13-11-25(12-14-26)18-5-3-2-4-6-18/h2-10,15H,11-14H2,1H3. The summed E-state index contributed by atoms with van der Waals surface area (Å²) in [6.07, 6.45) is 0. The van der Waals surface area contributed by atoms with Gasteiger partial charge in [0.25, 0.3) is 5.91 Å². The Morgan fingerprint density at radius 1 is 0.963 bits per heavy atom. The molecule has 3 aromatic rings. The van der Waals surface area contributed by atoms with Crippen molar-refractivity contribution in [3.8, 4) is 11.3 Å². The summed E-state index contributed by atoms with van der Waals surface area (Å²) in [4.78, 5) is 17.1. The quantitative estimate of drug-likeness (QED) is 0.717. The maximum absolute atomic E-state index is 13.1. The maximum atomic E-state index is 13.1. The van der Waals surface area contributed by atoms with Gasteiger partial charge in [0.05, 0.1) is 5.69 Å².